The molecule has 0 aliphatic carbocycles. The van der Waals surface area contributed by atoms with Gasteiger partial charge in [0.15, 0.2) is 0 Å². The van der Waals surface area contributed by atoms with E-state index in [1.54, 1.807) is 6.07 Å². The van der Waals surface area contributed by atoms with Crippen molar-refractivity contribution in [2.75, 3.05) is 37.3 Å². The van der Waals surface area contributed by atoms with Crippen LogP contribution in [0.5, 0.6) is 11.8 Å². The molecule has 2 aliphatic rings. The summed E-state index contributed by atoms with van der Waals surface area (Å²) in [5.74, 6) is 0.779. The molecule has 2 aromatic carbocycles. The fourth-order valence-corrected chi connectivity index (χ4v) is 4.60. The van der Waals surface area contributed by atoms with Gasteiger partial charge >= 0.3 is 6.01 Å². The number of likely N-dealkylation sites (tertiary alicyclic amines) is 1. The number of benzene rings is 2. The Labute approximate surface area is 176 Å². The Bertz CT molecular complexity index is 1090. The van der Waals surface area contributed by atoms with Gasteiger partial charge in [-0.2, -0.15) is 9.97 Å². The van der Waals surface area contributed by atoms with Gasteiger partial charge in [-0.3, -0.25) is 0 Å². The zero-order valence-electron chi connectivity index (χ0n) is 17.2. The lowest BCUT2D eigenvalue weighted by Gasteiger charge is -2.32. The molecule has 0 saturated carbocycles. The van der Waals surface area contributed by atoms with E-state index >= 15 is 0 Å². The summed E-state index contributed by atoms with van der Waals surface area (Å²) in [4.78, 5) is 13.7. The fourth-order valence-electron chi connectivity index (χ4n) is 4.60. The first-order valence-electron chi connectivity index (χ1n) is 10.5. The molecular weight excluding hydrogens is 378 g/mol. The fraction of sp³-hybridized carbons (Fsp3) is 0.391. The summed E-state index contributed by atoms with van der Waals surface area (Å²) in [6.45, 7) is 3.37. The van der Waals surface area contributed by atoms with Crippen molar-refractivity contribution in [3.05, 3.63) is 47.7 Å². The third-order valence-corrected chi connectivity index (χ3v) is 6.10. The van der Waals surface area contributed by atoms with Crippen molar-refractivity contribution in [3.8, 4) is 11.8 Å². The molecule has 1 fully saturated rings. The van der Waals surface area contributed by atoms with E-state index in [4.69, 9.17) is 15.5 Å². The second-order valence-electron chi connectivity index (χ2n) is 8.32. The lowest BCUT2D eigenvalue weighted by atomic mass is 10.0. The Kier molecular flexibility index (Phi) is 4.83. The van der Waals surface area contributed by atoms with Gasteiger partial charge in [-0.25, -0.2) is 0 Å². The molecule has 1 atom stereocenters. The van der Waals surface area contributed by atoms with Gasteiger partial charge in [0.25, 0.3) is 0 Å². The van der Waals surface area contributed by atoms with E-state index < -0.39 is 0 Å². The smallest absolute Gasteiger partial charge is 0.318 e. The van der Waals surface area contributed by atoms with Crippen LogP contribution in [0.25, 0.3) is 10.8 Å². The second kappa shape index (κ2) is 7.65. The Morgan fingerprint density at radius 2 is 2.03 bits per heavy atom. The lowest BCUT2D eigenvalue weighted by molar-refractivity contribution is 0.0953. The summed E-state index contributed by atoms with van der Waals surface area (Å²) >= 11 is 0. The van der Waals surface area contributed by atoms with Crippen LogP contribution in [-0.2, 0) is 13.0 Å². The van der Waals surface area contributed by atoms with E-state index in [1.165, 1.54) is 0 Å². The molecule has 1 aromatic heterocycles. The quantitative estimate of drug-likeness (QED) is 0.693. The zero-order chi connectivity index (χ0) is 20.7. The molecular formula is C23H27N5O2. The van der Waals surface area contributed by atoms with Crippen molar-refractivity contribution in [3.63, 3.8) is 0 Å². The molecule has 156 valence electrons. The molecule has 3 heterocycles. The number of phenolic OH excluding ortho intramolecular Hbond substituents is 1. The highest BCUT2D eigenvalue weighted by atomic mass is 16.5. The molecule has 3 aromatic rings. The number of nitrogens with zero attached hydrogens (tertiary/aromatic N) is 4. The molecule has 0 amide bonds. The number of likely N-dealkylation sites (N-methyl/N-ethyl adjacent to an activating group) is 1. The van der Waals surface area contributed by atoms with Gasteiger partial charge in [-0.05, 0) is 44.3 Å². The number of hydrogen-bond acceptors (Lipinski definition) is 7. The number of piperidine rings is 1. The van der Waals surface area contributed by atoms with Crippen LogP contribution < -0.4 is 15.4 Å². The molecule has 7 nitrogen and oxygen atoms in total. The topological polar surface area (TPSA) is 87.7 Å². The Balaban J connectivity index is 1.44. The molecule has 0 spiro atoms. The Hall–Kier alpha value is -3.06. The maximum absolute atomic E-state index is 10.2. The number of aromatic hydroxyl groups is 1. The summed E-state index contributed by atoms with van der Waals surface area (Å²) in [5, 5.41) is 12.4. The molecule has 0 bridgehead atoms. The van der Waals surface area contributed by atoms with Crippen LogP contribution in [0.1, 0.15) is 24.1 Å². The number of nitrogens with two attached hydrogens (primary N) is 1. The van der Waals surface area contributed by atoms with E-state index in [-0.39, 0.29) is 11.9 Å². The van der Waals surface area contributed by atoms with Crippen molar-refractivity contribution in [1.82, 2.24) is 14.9 Å². The van der Waals surface area contributed by atoms with Gasteiger partial charge in [0.1, 0.15) is 17.7 Å². The molecule has 2 aliphatic heterocycles. The number of hydrogen-bond donors (Lipinski definition) is 2. The van der Waals surface area contributed by atoms with Crippen LogP contribution in [0.15, 0.2) is 36.4 Å². The summed E-state index contributed by atoms with van der Waals surface area (Å²) in [6, 6.07) is 12.1. The van der Waals surface area contributed by atoms with Gasteiger partial charge in [0.2, 0.25) is 0 Å². The van der Waals surface area contributed by atoms with Crippen LogP contribution in [0, 0.1) is 0 Å². The van der Waals surface area contributed by atoms with Gasteiger partial charge < -0.3 is 25.4 Å². The van der Waals surface area contributed by atoms with Crippen molar-refractivity contribution in [2.24, 2.45) is 0 Å². The first-order valence-corrected chi connectivity index (χ1v) is 10.5. The van der Waals surface area contributed by atoms with E-state index in [0.717, 1.165) is 66.6 Å². The SMILES string of the molecule is CN1CCC[C@H](Oc2nc(N)c3c(n2)CN(c2cc(O)cc4ccccc24)CC3)C1. The monoisotopic (exact) mass is 405 g/mol. The molecule has 7 heteroatoms. The minimum absolute atomic E-state index is 0.0934. The molecule has 30 heavy (non-hydrogen) atoms. The zero-order valence-corrected chi connectivity index (χ0v) is 17.2. The van der Waals surface area contributed by atoms with E-state index in [9.17, 15) is 5.11 Å². The van der Waals surface area contributed by atoms with Gasteiger partial charge in [0.05, 0.1) is 12.2 Å². The normalized spacial score (nSPS) is 19.6. The Morgan fingerprint density at radius 1 is 1.17 bits per heavy atom. The van der Waals surface area contributed by atoms with Gasteiger partial charge in [-0.15, -0.1) is 0 Å². The lowest BCUT2D eigenvalue weighted by Crippen LogP contribution is -2.39. The van der Waals surface area contributed by atoms with Crippen LogP contribution in [0.2, 0.25) is 0 Å². The highest BCUT2D eigenvalue weighted by molar-refractivity contribution is 5.95. The second-order valence-corrected chi connectivity index (χ2v) is 8.32. The average Bonchev–Trinajstić information content (AvgIpc) is 2.73. The standard InChI is InChI=1S/C23H27N5O2/c1-27-9-4-6-17(13-27)30-23-25-20-14-28(10-8-19(20)22(24)26-23)21-12-16(29)11-15-5-2-3-7-18(15)21/h2-3,5,7,11-12,17,29H,4,6,8-10,13-14H2,1H3,(H2,24,25,26)/t17-/m0/s1. The first kappa shape index (κ1) is 18.9. The third-order valence-electron chi connectivity index (χ3n) is 6.10. The molecule has 0 unspecified atom stereocenters. The number of phenols is 1. The number of anilines is 2. The number of fused-ring (bicyclic) bond motifs is 2. The predicted octanol–water partition coefficient (Wildman–Crippen LogP) is 2.95. The maximum Gasteiger partial charge on any atom is 0.318 e. The minimum atomic E-state index is 0.0934. The van der Waals surface area contributed by atoms with Crippen molar-refractivity contribution >= 4 is 22.3 Å². The number of ether oxygens (including phenoxy) is 1. The number of rotatable bonds is 3. The number of aromatic nitrogens is 2. The van der Waals surface area contributed by atoms with E-state index in [1.807, 2.05) is 24.3 Å². The molecule has 0 radical (unpaired) electrons. The maximum atomic E-state index is 10.2. The van der Waals surface area contributed by atoms with E-state index in [0.29, 0.717) is 18.4 Å². The highest BCUT2D eigenvalue weighted by Crippen LogP contribution is 2.35. The first-order chi connectivity index (χ1) is 14.6. The highest BCUT2D eigenvalue weighted by Gasteiger charge is 2.25. The van der Waals surface area contributed by atoms with Crippen LogP contribution in [0.4, 0.5) is 11.5 Å². The largest absolute Gasteiger partial charge is 0.508 e. The van der Waals surface area contributed by atoms with Crippen molar-refractivity contribution in [2.45, 2.75) is 31.9 Å². The average molecular weight is 406 g/mol. The summed E-state index contributed by atoms with van der Waals surface area (Å²) in [5.41, 5.74) is 9.18. The van der Waals surface area contributed by atoms with Crippen molar-refractivity contribution in [1.29, 1.82) is 0 Å². The van der Waals surface area contributed by atoms with Crippen molar-refractivity contribution < 1.29 is 9.84 Å². The molecule has 1 saturated heterocycles. The van der Waals surface area contributed by atoms with Gasteiger partial charge in [-0.1, -0.05) is 24.3 Å². The van der Waals surface area contributed by atoms with Crippen LogP contribution in [0.3, 0.4) is 0 Å². The third kappa shape index (κ3) is 3.61. The number of nitrogen functional groups attached to an aromatic ring is 1. The van der Waals surface area contributed by atoms with Crippen LogP contribution >= 0.6 is 0 Å². The summed E-state index contributed by atoms with van der Waals surface area (Å²) in [7, 11) is 2.11. The Morgan fingerprint density at radius 3 is 2.90 bits per heavy atom. The van der Waals surface area contributed by atoms with Gasteiger partial charge in [0, 0.05) is 35.8 Å². The summed E-state index contributed by atoms with van der Waals surface area (Å²) in [6.07, 6.45) is 2.97. The van der Waals surface area contributed by atoms with Crippen LogP contribution in [-0.4, -0.2) is 52.8 Å². The predicted molar refractivity (Wildman–Crippen MR) is 118 cm³/mol. The minimum Gasteiger partial charge on any atom is -0.508 e. The van der Waals surface area contributed by atoms with E-state index in [2.05, 4.69) is 27.9 Å². The molecule has 3 N–H and O–H groups in total. The molecule has 5 rings (SSSR count). The summed E-state index contributed by atoms with van der Waals surface area (Å²) < 4.78 is 6.10.